The zero-order valence-corrected chi connectivity index (χ0v) is 24.0. The first-order chi connectivity index (χ1) is 22.5. The normalized spacial score (nSPS) is 14.1. The fourth-order valence-electron chi connectivity index (χ4n) is 4.16. The summed E-state index contributed by atoms with van der Waals surface area (Å²) in [5.41, 5.74) is 4.28. The molecule has 0 aliphatic rings. The molecule has 4 aromatic heterocycles. The van der Waals surface area contributed by atoms with Crippen molar-refractivity contribution in [2.24, 2.45) is 0 Å². The number of fused-ring (bicyclic) bond motifs is 3. The van der Waals surface area contributed by atoms with Crippen molar-refractivity contribution in [3.8, 4) is 22.5 Å². The number of aryl methyl sites for hydroxylation is 3. The summed E-state index contributed by atoms with van der Waals surface area (Å²) < 4.78 is 61.8. The average molecular weight is 717 g/mol. The summed E-state index contributed by atoms with van der Waals surface area (Å²) in [5.74, 6) is 0. The molecule has 0 bridgehead atoms. The van der Waals surface area contributed by atoms with Crippen LogP contribution in [-0.4, -0.2) is 15.0 Å². The van der Waals surface area contributed by atoms with Crippen molar-refractivity contribution in [1.29, 1.82) is 0 Å². The first-order valence-corrected chi connectivity index (χ1v) is 12.6. The molecule has 0 aliphatic carbocycles. The van der Waals surface area contributed by atoms with Crippen molar-refractivity contribution >= 4 is 22.1 Å². The average Bonchev–Trinajstić information content (AvgIpc) is 3.48. The van der Waals surface area contributed by atoms with E-state index in [1.165, 1.54) is 12.3 Å². The SMILES string of the molecule is [2H]C([2H])([2H])c1ccc(-c2[c-]cccc2)nc1.[2H]C([2H])(c1ccccc1)C([2H])([2H])c1ccc2c(n1)oc1c(-c3ccccn3)[c-]ccc12.[Ir]. The van der Waals surface area contributed by atoms with Gasteiger partial charge in [0.2, 0.25) is 5.71 Å². The molecule has 0 unspecified atom stereocenters. The maximum atomic E-state index is 8.57. The van der Waals surface area contributed by atoms with Crippen LogP contribution in [0.2, 0.25) is 0 Å². The summed E-state index contributed by atoms with van der Waals surface area (Å²) in [4.78, 5) is 12.9. The molecule has 3 aromatic carbocycles. The first kappa shape index (κ1) is 20.4. The molecule has 4 heterocycles. The number of nitrogens with zero attached hydrogens (tertiary/aromatic N) is 3. The van der Waals surface area contributed by atoms with Crippen LogP contribution in [0, 0.1) is 19.0 Å². The van der Waals surface area contributed by atoms with Crippen molar-refractivity contribution in [3.05, 3.63) is 151 Å². The Morgan fingerprint density at radius 2 is 1.63 bits per heavy atom. The molecular weight excluding hydrogens is 683 g/mol. The Kier molecular flexibility index (Phi) is 6.62. The van der Waals surface area contributed by atoms with E-state index in [0.29, 0.717) is 16.8 Å². The number of hydrogen-bond acceptors (Lipinski definition) is 4. The molecule has 0 saturated carbocycles. The number of benzene rings is 3. The van der Waals surface area contributed by atoms with E-state index >= 15 is 0 Å². The molecule has 0 saturated heterocycles. The molecule has 5 heteroatoms. The fraction of sp³-hybridized carbons (Fsp3) is 0.0833. The summed E-state index contributed by atoms with van der Waals surface area (Å²) in [6, 6.07) is 37.7. The van der Waals surface area contributed by atoms with Gasteiger partial charge in [-0.3, -0.25) is 0 Å². The summed E-state index contributed by atoms with van der Waals surface area (Å²) in [6.45, 7) is -2.09. The van der Waals surface area contributed by atoms with Gasteiger partial charge in [0, 0.05) is 53.2 Å². The maximum Gasteiger partial charge on any atom is 0.216 e. The van der Waals surface area contributed by atoms with E-state index in [0.717, 1.165) is 22.0 Å². The largest absolute Gasteiger partial charge is 0.486 e. The van der Waals surface area contributed by atoms with E-state index in [-0.39, 0.29) is 42.6 Å². The van der Waals surface area contributed by atoms with Gasteiger partial charge in [-0.2, -0.15) is 0 Å². The molecule has 4 nitrogen and oxygen atoms in total. The van der Waals surface area contributed by atoms with Crippen LogP contribution < -0.4 is 0 Å². The van der Waals surface area contributed by atoms with Gasteiger partial charge in [-0.15, -0.1) is 54.1 Å². The molecule has 41 heavy (non-hydrogen) atoms. The van der Waals surface area contributed by atoms with E-state index in [4.69, 9.17) is 14.0 Å². The molecule has 0 atom stereocenters. The summed E-state index contributed by atoms with van der Waals surface area (Å²) in [7, 11) is 0. The number of rotatable bonds is 5. The Bertz CT molecular complexity index is 2120. The number of furan rings is 1. The molecule has 0 N–H and O–H groups in total. The van der Waals surface area contributed by atoms with Crippen molar-refractivity contribution in [2.45, 2.75) is 19.6 Å². The third kappa shape index (κ3) is 6.66. The van der Waals surface area contributed by atoms with Crippen LogP contribution in [0.5, 0.6) is 0 Å². The molecule has 203 valence electrons. The van der Waals surface area contributed by atoms with Crippen molar-refractivity contribution < 1.29 is 34.1 Å². The first-order valence-electron chi connectivity index (χ1n) is 16.1. The van der Waals surface area contributed by atoms with Crippen LogP contribution in [0.4, 0.5) is 0 Å². The second-order valence-electron chi connectivity index (χ2n) is 8.79. The van der Waals surface area contributed by atoms with E-state index in [2.05, 4.69) is 27.1 Å². The standard InChI is InChI=1S/C24H17N2O.C12H10N.Ir/c1-2-7-17(8-3-1)12-13-18-14-15-20-19-9-6-10-21(22-11-4-5-16-25-22)23(19)27-24(20)26-18;1-10-7-8-12(13-9-10)11-5-3-2-4-6-11;/h1-9,11,14-16H,12-13H2;2-5,7-9H,1H3;/q2*-1;/i12D2,13D2;1D3;. The smallest absolute Gasteiger partial charge is 0.216 e. The molecule has 0 spiro atoms. The summed E-state index contributed by atoms with van der Waals surface area (Å²) in [5, 5.41) is 1.54. The van der Waals surface area contributed by atoms with Crippen LogP contribution in [0.3, 0.4) is 0 Å². The number of pyridine rings is 3. The van der Waals surface area contributed by atoms with Gasteiger partial charge in [-0.1, -0.05) is 65.5 Å². The van der Waals surface area contributed by atoms with Gasteiger partial charge in [0.1, 0.15) is 0 Å². The van der Waals surface area contributed by atoms with Crippen molar-refractivity contribution in [1.82, 2.24) is 15.0 Å². The second kappa shape index (κ2) is 13.3. The Morgan fingerprint density at radius 1 is 0.756 bits per heavy atom. The molecule has 1 radical (unpaired) electrons. The van der Waals surface area contributed by atoms with Crippen molar-refractivity contribution in [3.63, 3.8) is 0 Å². The van der Waals surface area contributed by atoms with Crippen LogP contribution in [0.25, 0.3) is 44.6 Å². The molecular formula is C36H27IrN3O-2. The quantitative estimate of drug-likeness (QED) is 0.168. The van der Waals surface area contributed by atoms with Gasteiger partial charge in [-0.25, -0.2) is 4.98 Å². The number of hydrogen-bond donors (Lipinski definition) is 0. The third-order valence-electron chi connectivity index (χ3n) is 6.08. The Balaban J connectivity index is 0.000000224. The molecule has 0 fully saturated rings. The van der Waals surface area contributed by atoms with Gasteiger partial charge in [0.25, 0.3) is 0 Å². The van der Waals surface area contributed by atoms with Gasteiger partial charge in [0.05, 0.1) is 5.58 Å². The molecule has 7 rings (SSSR count). The molecule has 7 aromatic rings. The van der Waals surface area contributed by atoms with Gasteiger partial charge >= 0.3 is 0 Å². The Labute approximate surface area is 263 Å². The molecule has 0 amide bonds. The van der Waals surface area contributed by atoms with Crippen LogP contribution >= 0.6 is 0 Å². The minimum Gasteiger partial charge on any atom is -0.486 e. The van der Waals surface area contributed by atoms with Crippen LogP contribution in [-0.2, 0) is 32.9 Å². The minimum atomic E-state index is -2.38. The number of aromatic nitrogens is 3. The Morgan fingerprint density at radius 3 is 2.39 bits per heavy atom. The predicted octanol–water partition coefficient (Wildman–Crippen LogP) is 8.48. The Hall–Kier alpha value is -4.44. The second-order valence-corrected chi connectivity index (χ2v) is 8.79. The van der Waals surface area contributed by atoms with E-state index in [1.807, 2.05) is 42.5 Å². The predicted molar refractivity (Wildman–Crippen MR) is 161 cm³/mol. The monoisotopic (exact) mass is 717 g/mol. The summed E-state index contributed by atoms with van der Waals surface area (Å²) >= 11 is 0. The van der Waals surface area contributed by atoms with Crippen LogP contribution in [0.1, 0.15) is 26.4 Å². The third-order valence-corrected chi connectivity index (χ3v) is 6.08. The van der Waals surface area contributed by atoms with E-state index in [9.17, 15) is 0 Å². The zero-order valence-electron chi connectivity index (χ0n) is 28.6. The zero-order chi connectivity index (χ0) is 33.2. The van der Waals surface area contributed by atoms with Crippen molar-refractivity contribution in [2.75, 3.05) is 0 Å². The van der Waals surface area contributed by atoms with Gasteiger partial charge in [0.15, 0.2) is 0 Å². The molecule has 0 aliphatic heterocycles. The fourth-order valence-corrected chi connectivity index (χ4v) is 4.16. The van der Waals surface area contributed by atoms with E-state index < -0.39 is 19.6 Å². The van der Waals surface area contributed by atoms with Crippen LogP contribution in [0.15, 0.2) is 126 Å². The van der Waals surface area contributed by atoms with Gasteiger partial charge < -0.3 is 14.4 Å². The van der Waals surface area contributed by atoms with Gasteiger partial charge in [-0.05, 0) is 60.3 Å². The topological polar surface area (TPSA) is 51.8 Å². The maximum absolute atomic E-state index is 8.57. The van der Waals surface area contributed by atoms with E-state index in [1.54, 1.807) is 66.9 Å². The summed E-state index contributed by atoms with van der Waals surface area (Å²) in [6.07, 6.45) is -1.57. The minimum absolute atomic E-state index is 0.